The van der Waals surface area contributed by atoms with Crippen LogP contribution < -0.4 is 23.9 Å². The molecule has 1 heterocycles. The normalized spacial score (nSPS) is 12.5. The van der Waals surface area contributed by atoms with Crippen molar-refractivity contribution in [1.82, 2.24) is 5.43 Å². The number of nitrogens with zero attached hydrogens (tertiary/aromatic N) is 2. The van der Waals surface area contributed by atoms with Crippen LogP contribution in [-0.2, 0) is 14.8 Å². The number of fused-ring (bicyclic) bond motifs is 1. The Balaban J connectivity index is 1.58. The summed E-state index contributed by atoms with van der Waals surface area (Å²) in [6, 6.07) is 18.4. The second-order valence-electron chi connectivity index (χ2n) is 7.49. The van der Waals surface area contributed by atoms with E-state index in [1.807, 2.05) is 6.26 Å². The van der Waals surface area contributed by atoms with Gasteiger partial charge in [0, 0.05) is 4.90 Å². The zero-order chi connectivity index (χ0) is 25.5. The Kier molecular flexibility index (Phi) is 8.01. The van der Waals surface area contributed by atoms with E-state index in [-0.39, 0.29) is 17.4 Å². The number of carbonyl (C=O) groups is 1. The predicted molar refractivity (Wildman–Crippen MR) is 139 cm³/mol. The Bertz CT molecular complexity index is 1360. The van der Waals surface area contributed by atoms with Gasteiger partial charge in [0.1, 0.15) is 12.3 Å². The van der Waals surface area contributed by atoms with Crippen LogP contribution >= 0.6 is 11.8 Å². The van der Waals surface area contributed by atoms with Crippen LogP contribution in [0.2, 0.25) is 0 Å². The molecule has 0 bridgehead atoms. The van der Waals surface area contributed by atoms with Crippen molar-refractivity contribution in [3.8, 4) is 17.2 Å². The molecular formula is C25H25N3O6S2. The smallest absolute Gasteiger partial charge is 0.264 e. The topological polar surface area (TPSA) is 107 Å². The molecule has 1 amide bonds. The molecule has 1 N–H and O–H groups in total. The van der Waals surface area contributed by atoms with Crippen LogP contribution in [0.3, 0.4) is 0 Å². The van der Waals surface area contributed by atoms with Gasteiger partial charge in [-0.3, -0.25) is 9.10 Å². The average Bonchev–Trinajstić information content (AvgIpc) is 3.36. The van der Waals surface area contributed by atoms with Gasteiger partial charge in [0.05, 0.1) is 23.4 Å². The largest absolute Gasteiger partial charge is 0.492 e. The van der Waals surface area contributed by atoms with Gasteiger partial charge in [0.2, 0.25) is 6.79 Å². The lowest BCUT2D eigenvalue weighted by atomic mass is 10.2. The Morgan fingerprint density at radius 3 is 2.61 bits per heavy atom. The highest BCUT2D eigenvalue weighted by atomic mass is 32.2. The van der Waals surface area contributed by atoms with Crippen molar-refractivity contribution in [2.24, 2.45) is 5.10 Å². The summed E-state index contributed by atoms with van der Waals surface area (Å²) in [5.74, 6) is 0.946. The molecule has 1 aliphatic rings. The maximum atomic E-state index is 13.6. The second-order valence-corrected chi connectivity index (χ2v) is 10.2. The van der Waals surface area contributed by atoms with Gasteiger partial charge in [-0.1, -0.05) is 12.1 Å². The van der Waals surface area contributed by atoms with E-state index < -0.39 is 22.5 Å². The number of hydrazone groups is 1. The molecule has 4 rings (SSSR count). The Morgan fingerprint density at radius 2 is 1.86 bits per heavy atom. The van der Waals surface area contributed by atoms with Gasteiger partial charge in [-0.15, -0.1) is 11.8 Å². The molecule has 0 spiro atoms. The number of carbonyl (C=O) groups excluding carboxylic acids is 1. The van der Waals surface area contributed by atoms with Crippen LogP contribution in [0.1, 0.15) is 12.5 Å². The van der Waals surface area contributed by atoms with E-state index in [2.05, 4.69) is 10.5 Å². The number of benzene rings is 3. The number of hydrogen-bond donors (Lipinski definition) is 1. The summed E-state index contributed by atoms with van der Waals surface area (Å²) in [5.41, 5.74) is 3.33. The number of para-hydroxylation sites is 2. The summed E-state index contributed by atoms with van der Waals surface area (Å²) in [4.78, 5) is 13.8. The molecule has 0 radical (unpaired) electrons. The minimum Gasteiger partial charge on any atom is -0.492 e. The van der Waals surface area contributed by atoms with E-state index in [4.69, 9.17) is 14.2 Å². The molecule has 0 aliphatic carbocycles. The molecule has 0 fully saturated rings. The number of hydrogen-bond acceptors (Lipinski definition) is 8. The zero-order valence-corrected chi connectivity index (χ0v) is 21.3. The van der Waals surface area contributed by atoms with Crippen LogP contribution in [-0.4, -0.2) is 46.7 Å². The Labute approximate surface area is 214 Å². The minimum absolute atomic E-state index is 0.0586. The lowest BCUT2D eigenvalue weighted by Gasteiger charge is -2.25. The summed E-state index contributed by atoms with van der Waals surface area (Å²) in [6.45, 7) is 1.78. The average molecular weight is 528 g/mol. The van der Waals surface area contributed by atoms with Crippen molar-refractivity contribution in [2.45, 2.75) is 16.7 Å². The van der Waals surface area contributed by atoms with Gasteiger partial charge < -0.3 is 14.2 Å². The summed E-state index contributed by atoms with van der Waals surface area (Å²) in [7, 11) is -4.10. The number of thioether (sulfide) groups is 1. The SMILES string of the molecule is CCOc1ccccc1N(CC(=O)N/N=C/c1ccc2c(c1)OCO2)S(=O)(=O)c1ccc(SC)cc1. The van der Waals surface area contributed by atoms with E-state index in [1.54, 1.807) is 61.5 Å². The molecule has 1 aliphatic heterocycles. The highest BCUT2D eigenvalue weighted by molar-refractivity contribution is 7.98. The molecular weight excluding hydrogens is 502 g/mol. The molecule has 11 heteroatoms. The van der Waals surface area contributed by atoms with Crippen molar-refractivity contribution in [2.75, 3.05) is 30.5 Å². The van der Waals surface area contributed by atoms with E-state index >= 15 is 0 Å². The first-order valence-corrected chi connectivity index (χ1v) is 13.7. The predicted octanol–water partition coefficient (Wildman–Crippen LogP) is 3.88. The van der Waals surface area contributed by atoms with E-state index in [1.165, 1.54) is 30.1 Å². The Morgan fingerprint density at radius 1 is 1.11 bits per heavy atom. The Hall–Kier alpha value is -3.70. The first-order valence-electron chi connectivity index (χ1n) is 11.0. The first kappa shape index (κ1) is 25.4. The number of ether oxygens (including phenoxy) is 3. The van der Waals surface area contributed by atoms with Gasteiger partial charge in [-0.05, 0) is 73.3 Å². The third-order valence-electron chi connectivity index (χ3n) is 5.17. The summed E-state index contributed by atoms with van der Waals surface area (Å²) >= 11 is 1.50. The molecule has 36 heavy (non-hydrogen) atoms. The molecule has 3 aromatic carbocycles. The van der Waals surface area contributed by atoms with E-state index in [0.29, 0.717) is 29.4 Å². The fourth-order valence-corrected chi connectivity index (χ4v) is 5.29. The van der Waals surface area contributed by atoms with Crippen molar-refractivity contribution in [3.05, 3.63) is 72.3 Å². The fraction of sp³-hybridized carbons (Fsp3) is 0.200. The third kappa shape index (κ3) is 5.74. The van der Waals surface area contributed by atoms with Crippen LogP contribution in [0.15, 0.2) is 81.6 Å². The maximum absolute atomic E-state index is 13.6. The number of sulfonamides is 1. The van der Waals surface area contributed by atoms with Gasteiger partial charge in [0.25, 0.3) is 15.9 Å². The highest BCUT2D eigenvalue weighted by Crippen LogP contribution is 2.33. The number of amides is 1. The molecule has 0 unspecified atom stereocenters. The van der Waals surface area contributed by atoms with Crippen LogP contribution in [0.25, 0.3) is 0 Å². The monoisotopic (exact) mass is 527 g/mol. The summed E-state index contributed by atoms with van der Waals surface area (Å²) in [5, 5.41) is 3.97. The van der Waals surface area contributed by atoms with Crippen molar-refractivity contribution >= 4 is 39.6 Å². The number of nitrogens with one attached hydrogen (secondary N) is 1. The number of anilines is 1. The first-order chi connectivity index (χ1) is 17.4. The van der Waals surface area contributed by atoms with Crippen LogP contribution in [0.4, 0.5) is 5.69 Å². The molecule has 0 aromatic heterocycles. The lowest BCUT2D eigenvalue weighted by Crippen LogP contribution is -2.39. The van der Waals surface area contributed by atoms with Gasteiger partial charge in [-0.2, -0.15) is 5.10 Å². The van der Waals surface area contributed by atoms with Crippen molar-refractivity contribution in [3.63, 3.8) is 0 Å². The van der Waals surface area contributed by atoms with Crippen LogP contribution in [0, 0.1) is 0 Å². The second kappa shape index (κ2) is 11.4. The molecule has 0 atom stereocenters. The maximum Gasteiger partial charge on any atom is 0.264 e. The zero-order valence-electron chi connectivity index (χ0n) is 19.7. The standard InChI is InChI=1S/C25H25N3O6S2/c1-3-32-22-7-5-4-6-21(22)28(36(30,31)20-11-9-19(35-2)10-12-20)16-25(29)27-26-15-18-8-13-23-24(14-18)34-17-33-23/h4-15H,3,16-17H2,1-2H3,(H,27,29)/b26-15+. The molecule has 0 saturated carbocycles. The third-order valence-corrected chi connectivity index (χ3v) is 7.69. The van der Waals surface area contributed by atoms with Crippen LogP contribution in [0.5, 0.6) is 17.2 Å². The molecule has 3 aromatic rings. The van der Waals surface area contributed by atoms with Gasteiger partial charge in [-0.25, -0.2) is 13.8 Å². The van der Waals surface area contributed by atoms with Crippen molar-refractivity contribution < 1.29 is 27.4 Å². The summed E-state index contributed by atoms with van der Waals surface area (Å²) in [6.07, 6.45) is 3.34. The highest BCUT2D eigenvalue weighted by Gasteiger charge is 2.29. The van der Waals surface area contributed by atoms with Gasteiger partial charge in [0.15, 0.2) is 11.5 Å². The summed E-state index contributed by atoms with van der Waals surface area (Å²) < 4.78 is 44.6. The molecule has 0 saturated heterocycles. The van der Waals surface area contributed by atoms with Crippen molar-refractivity contribution in [1.29, 1.82) is 0 Å². The van der Waals surface area contributed by atoms with Gasteiger partial charge >= 0.3 is 0 Å². The van der Waals surface area contributed by atoms with E-state index in [9.17, 15) is 13.2 Å². The number of rotatable bonds is 10. The molecule has 9 nitrogen and oxygen atoms in total. The fourth-order valence-electron chi connectivity index (χ4n) is 3.45. The lowest BCUT2D eigenvalue weighted by molar-refractivity contribution is -0.119. The quantitative estimate of drug-likeness (QED) is 0.242. The minimum atomic E-state index is -4.10. The molecule has 188 valence electrons. The van der Waals surface area contributed by atoms with E-state index in [0.717, 1.165) is 9.20 Å².